The van der Waals surface area contributed by atoms with Crippen molar-refractivity contribution in [1.29, 1.82) is 0 Å². The quantitative estimate of drug-likeness (QED) is 0.0607. The summed E-state index contributed by atoms with van der Waals surface area (Å²) in [4.78, 5) is 90.9. The van der Waals surface area contributed by atoms with Crippen LogP contribution < -0.4 is 22.1 Å². The van der Waals surface area contributed by atoms with Gasteiger partial charge in [0.05, 0.1) is 24.5 Å². The number of ketones is 3. The molecule has 2 heterocycles. The van der Waals surface area contributed by atoms with Crippen LogP contribution in [0.25, 0.3) is 10.9 Å². The number of para-hydroxylation sites is 1. The van der Waals surface area contributed by atoms with Crippen molar-refractivity contribution in [2.45, 2.75) is 76.9 Å². The fourth-order valence-corrected chi connectivity index (χ4v) is 6.88. The van der Waals surface area contributed by atoms with Gasteiger partial charge in [0.1, 0.15) is 0 Å². The van der Waals surface area contributed by atoms with Gasteiger partial charge >= 0.3 is 0 Å². The van der Waals surface area contributed by atoms with Crippen LogP contribution in [0, 0.1) is 17.8 Å². The Labute approximate surface area is 331 Å². The Balaban J connectivity index is 1.32. The van der Waals surface area contributed by atoms with Gasteiger partial charge in [0.25, 0.3) is 0 Å². The highest BCUT2D eigenvalue weighted by Crippen LogP contribution is 2.24. The number of imidazole rings is 1. The molecule has 5 aromatic rings. The highest BCUT2D eigenvalue weighted by Gasteiger charge is 2.32. The van der Waals surface area contributed by atoms with E-state index in [0.717, 1.165) is 27.6 Å². The van der Waals surface area contributed by atoms with E-state index in [2.05, 4.69) is 25.6 Å². The molecule has 0 bridgehead atoms. The van der Waals surface area contributed by atoms with Crippen LogP contribution in [0.2, 0.25) is 0 Å². The van der Waals surface area contributed by atoms with E-state index >= 15 is 0 Å². The van der Waals surface area contributed by atoms with Crippen LogP contribution in [0.3, 0.4) is 0 Å². The maximum atomic E-state index is 14.1. The number of primary amides is 1. The van der Waals surface area contributed by atoms with E-state index in [0.29, 0.717) is 5.69 Å². The molecule has 0 fully saturated rings. The Morgan fingerprint density at radius 3 is 1.91 bits per heavy atom. The Hall–Kier alpha value is -6.21. The normalized spacial score (nSPS) is 14.4. The van der Waals surface area contributed by atoms with E-state index in [1.165, 1.54) is 6.33 Å². The Morgan fingerprint density at radius 1 is 0.667 bits per heavy atom. The number of benzene rings is 3. The zero-order valence-corrected chi connectivity index (χ0v) is 32.3. The molecule has 5 rings (SSSR count). The molecule has 0 aliphatic heterocycles. The molecule has 0 saturated carbocycles. The molecule has 8 N–H and O–H groups in total. The summed E-state index contributed by atoms with van der Waals surface area (Å²) in [7, 11) is 0. The second-order valence-corrected chi connectivity index (χ2v) is 14.8. The van der Waals surface area contributed by atoms with Gasteiger partial charge in [-0.2, -0.15) is 0 Å². The minimum atomic E-state index is -1.01. The maximum absolute atomic E-state index is 14.1. The first-order chi connectivity index (χ1) is 27.4. The van der Waals surface area contributed by atoms with Crippen molar-refractivity contribution in [2.75, 3.05) is 0 Å². The number of H-pyrrole nitrogens is 2. The Kier molecular flexibility index (Phi) is 14.8. The van der Waals surface area contributed by atoms with E-state index in [4.69, 9.17) is 11.5 Å². The van der Waals surface area contributed by atoms with E-state index in [1.54, 1.807) is 20.0 Å². The number of aromatic amines is 2. The predicted octanol–water partition coefficient (Wildman–Crippen LogP) is 3.71. The van der Waals surface area contributed by atoms with Gasteiger partial charge in [-0.1, -0.05) is 85.8 Å². The molecule has 2 aromatic heterocycles. The Bertz CT molecular complexity index is 2130. The smallest absolute Gasteiger partial charge is 0.224 e. The van der Waals surface area contributed by atoms with Crippen LogP contribution in [0.15, 0.2) is 104 Å². The van der Waals surface area contributed by atoms with Crippen LogP contribution >= 0.6 is 0 Å². The number of hydrogen-bond donors (Lipinski definition) is 6. The lowest BCUT2D eigenvalue weighted by Crippen LogP contribution is -2.48. The molecule has 0 unspecified atom stereocenters. The number of fused-ring (bicyclic) bond motifs is 1. The third-order valence-electron chi connectivity index (χ3n) is 10.3. The highest BCUT2D eigenvalue weighted by molar-refractivity contribution is 5.96. The largest absolute Gasteiger partial charge is 0.369 e. The lowest BCUT2D eigenvalue weighted by molar-refractivity contribution is -0.135. The lowest BCUT2D eigenvalue weighted by Gasteiger charge is -2.24. The number of aromatic nitrogens is 3. The van der Waals surface area contributed by atoms with Crippen molar-refractivity contribution in [3.63, 3.8) is 0 Å². The van der Waals surface area contributed by atoms with Crippen molar-refractivity contribution < 1.29 is 28.8 Å². The third-order valence-corrected chi connectivity index (χ3v) is 10.3. The fourth-order valence-electron chi connectivity index (χ4n) is 6.88. The molecule has 57 heavy (non-hydrogen) atoms. The molecule has 3 aromatic carbocycles. The number of nitrogens with two attached hydrogens (primary N) is 2. The standard InChI is InChI=1S/C44H51N7O6/c1-27(42(46)55)17-41(54)38(19-30-13-7-4-8-14-30)51-44(57)31(18-29-11-5-3-6-12-29)21-39(52)28(2)50-43(56)32(20-33-24-48-37-16-10-9-15-35(33)37)22-40(53)36(45)23-34-25-47-26-49-34/h3-16,24-28,31-32,36,38,48H,17-23,45H2,1-2H3,(H2,46,55)(H,47,49)(H,50,56)(H,51,57)/t27-,28+,31-,32+,36+,38-/m1/s1. The average molecular weight is 774 g/mol. The molecular weight excluding hydrogens is 723 g/mol. The van der Waals surface area contributed by atoms with Crippen molar-refractivity contribution in [1.82, 2.24) is 25.6 Å². The molecule has 0 spiro atoms. The van der Waals surface area contributed by atoms with Crippen LogP contribution in [0.1, 0.15) is 55.5 Å². The molecule has 0 aliphatic carbocycles. The van der Waals surface area contributed by atoms with E-state index in [9.17, 15) is 28.8 Å². The molecule has 13 heteroatoms. The molecular formula is C44H51N7O6. The monoisotopic (exact) mass is 773 g/mol. The molecule has 0 saturated heterocycles. The number of hydrogen-bond acceptors (Lipinski definition) is 8. The number of carbonyl (C=O) groups excluding carboxylic acids is 6. The topological polar surface area (TPSA) is 223 Å². The van der Waals surface area contributed by atoms with Crippen LogP contribution in [0.5, 0.6) is 0 Å². The number of nitrogens with zero attached hydrogens (tertiary/aromatic N) is 1. The van der Waals surface area contributed by atoms with Crippen LogP contribution in [-0.4, -0.2) is 68.1 Å². The van der Waals surface area contributed by atoms with Crippen molar-refractivity contribution in [3.05, 3.63) is 126 Å². The van der Waals surface area contributed by atoms with Crippen molar-refractivity contribution >= 4 is 46.0 Å². The Morgan fingerprint density at radius 2 is 1.26 bits per heavy atom. The summed E-state index contributed by atoms with van der Waals surface area (Å²) in [6, 6.07) is 23.2. The zero-order chi connectivity index (χ0) is 40.9. The number of rotatable bonds is 22. The number of Topliss-reactive ketones (excluding diaryl/α,β-unsaturated/α-hetero) is 3. The number of carbonyl (C=O) groups is 6. The second kappa shape index (κ2) is 20.1. The number of nitrogens with one attached hydrogen (secondary N) is 4. The summed E-state index contributed by atoms with van der Waals surface area (Å²) >= 11 is 0. The molecule has 0 radical (unpaired) electrons. The number of amides is 3. The van der Waals surface area contributed by atoms with Crippen molar-refractivity contribution in [3.8, 4) is 0 Å². The SMILES string of the molecule is C[C@H](CC(=O)[C@@H](Cc1ccccc1)NC(=O)[C@@H](CC(=O)[C@H](C)NC(=O)[C@H](CC(=O)[C@@H](N)Cc1cnc[nH]1)Cc1c[nH]c2ccccc12)Cc1ccccc1)C(N)=O. The minimum absolute atomic E-state index is 0.158. The van der Waals surface area contributed by atoms with Crippen molar-refractivity contribution in [2.24, 2.45) is 29.2 Å². The van der Waals surface area contributed by atoms with Gasteiger partial charge < -0.3 is 32.1 Å². The minimum Gasteiger partial charge on any atom is -0.369 e. The summed E-state index contributed by atoms with van der Waals surface area (Å²) in [6.07, 6.45) is 5.15. The molecule has 3 amide bonds. The first-order valence-electron chi connectivity index (χ1n) is 19.2. The first-order valence-corrected chi connectivity index (χ1v) is 19.2. The summed E-state index contributed by atoms with van der Waals surface area (Å²) in [5.41, 5.74) is 15.8. The summed E-state index contributed by atoms with van der Waals surface area (Å²) in [5, 5.41) is 6.62. The molecule has 13 nitrogen and oxygen atoms in total. The molecule has 0 aliphatic rings. The van der Waals surface area contributed by atoms with Gasteiger partial charge in [0, 0.05) is 72.4 Å². The van der Waals surface area contributed by atoms with Gasteiger partial charge in [-0.3, -0.25) is 28.8 Å². The van der Waals surface area contributed by atoms with Gasteiger partial charge in [-0.15, -0.1) is 0 Å². The van der Waals surface area contributed by atoms with Gasteiger partial charge in [0.2, 0.25) is 17.7 Å². The van der Waals surface area contributed by atoms with E-state index in [-0.39, 0.29) is 56.5 Å². The zero-order valence-electron chi connectivity index (χ0n) is 32.3. The summed E-state index contributed by atoms with van der Waals surface area (Å²) in [6.45, 7) is 3.11. The van der Waals surface area contributed by atoms with Gasteiger partial charge in [0.15, 0.2) is 17.3 Å². The van der Waals surface area contributed by atoms with Crippen LogP contribution in [-0.2, 0) is 54.5 Å². The van der Waals surface area contributed by atoms with Gasteiger partial charge in [-0.05, 0) is 48.9 Å². The molecule has 298 valence electrons. The predicted molar refractivity (Wildman–Crippen MR) is 216 cm³/mol. The lowest BCUT2D eigenvalue weighted by atomic mass is 9.89. The first kappa shape index (κ1) is 41.9. The molecule has 6 atom stereocenters. The maximum Gasteiger partial charge on any atom is 0.224 e. The highest BCUT2D eigenvalue weighted by atomic mass is 16.2. The van der Waals surface area contributed by atoms with Gasteiger partial charge in [-0.25, -0.2) is 4.98 Å². The third kappa shape index (κ3) is 12.1. The van der Waals surface area contributed by atoms with E-state index < -0.39 is 59.4 Å². The summed E-state index contributed by atoms with van der Waals surface area (Å²) < 4.78 is 0. The van der Waals surface area contributed by atoms with E-state index in [1.807, 2.05) is 91.1 Å². The second-order valence-electron chi connectivity index (χ2n) is 14.8. The van der Waals surface area contributed by atoms with Crippen LogP contribution in [0.4, 0.5) is 0 Å². The summed E-state index contributed by atoms with van der Waals surface area (Å²) in [5.74, 6) is -5.19. The average Bonchev–Trinajstić information content (AvgIpc) is 3.87. The fraction of sp³-hybridized carbons (Fsp3) is 0.341.